The van der Waals surface area contributed by atoms with Gasteiger partial charge < -0.3 is 24.8 Å². The predicted octanol–water partition coefficient (Wildman–Crippen LogP) is 3.28. The maximum Gasteiger partial charge on any atom is 0.265 e. The molecular weight excluding hydrogens is 392 g/mol. The van der Waals surface area contributed by atoms with Crippen LogP contribution in [0.15, 0.2) is 53.1 Å². The maximum atomic E-state index is 12.7. The molecule has 0 atom stereocenters. The van der Waals surface area contributed by atoms with Gasteiger partial charge in [-0.3, -0.25) is 9.59 Å². The monoisotopic (exact) mass is 412 g/mol. The fourth-order valence-corrected chi connectivity index (χ4v) is 3.84. The summed E-state index contributed by atoms with van der Waals surface area (Å²) < 4.78 is 16.1. The number of anilines is 1. The molecule has 2 amide bonds. The van der Waals surface area contributed by atoms with Crippen molar-refractivity contribution >= 4 is 29.3 Å². The molecule has 0 saturated carbocycles. The Balaban J connectivity index is 1.44. The second kappa shape index (κ2) is 8.48. The van der Waals surface area contributed by atoms with Crippen LogP contribution in [-0.4, -0.2) is 31.0 Å². The number of hydrogen-bond donors (Lipinski definition) is 2. The van der Waals surface area contributed by atoms with Gasteiger partial charge in [0, 0.05) is 12.3 Å². The van der Waals surface area contributed by atoms with Crippen molar-refractivity contribution in [3.63, 3.8) is 0 Å². The van der Waals surface area contributed by atoms with Gasteiger partial charge in [-0.05, 0) is 36.8 Å². The fourth-order valence-electron chi connectivity index (χ4n) is 3.03. The molecule has 2 aliphatic rings. The number of carbonyl (C=O) groups is 2. The highest BCUT2D eigenvalue weighted by Crippen LogP contribution is 2.32. The zero-order valence-electron chi connectivity index (χ0n) is 15.8. The molecule has 2 heterocycles. The molecule has 2 N–H and O–H groups in total. The molecule has 0 unspecified atom stereocenters. The van der Waals surface area contributed by atoms with Gasteiger partial charge in [0.2, 0.25) is 6.79 Å². The molecule has 4 rings (SSSR count). The number of fused-ring (bicyclic) bond motifs is 1. The first-order valence-corrected chi connectivity index (χ1v) is 10.1. The smallest absolute Gasteiger partial charge is 0.265 e. The molecule has 0 saturated heterocycles. The lowest BCUT2D eigenvalue weighted by atomic mass is 10.1. The molecular formula is C21H20N2O5S. The van der Waals surface area contributed by atoms with E-state index in [0.29, 0.717) is 46.6 Å². The Bertz CT molecular complexity index is 989. The van der Waals surface area contributed by atoms with E-state index in [-0.39, 0.29) is 18.6 Å². The van der Waals surface area contributed by atoms with Crippen LogP contribution in [0.25, 0.3) is 0 Å². The summed E-state index contributed by atoms with van der Waals surface area (Å²) >= 11 is 1.45. The van der Waals surface area contributed by atoms with Crippen LogP contribution >= 0.6 is 11.8 Å². The van der Waals surface area contributed by atoms with Crippen LogP contribution in [0.5, 0.6) is 11.5 Å². The molecule has 8 heteroatoms. The minimum absolute atomic E-state index is 0.206. The second-order valence-electron chi connectivity index (χ2n) is 6.45. The van der Waals surface area contributed by atoms with Crippen LogP contribution in [0.2, 0.25) is 0 Å². The van der Waals surface area contributed by atoms with E-state index in [1.54, 1.807) is 31.2 Å². The zero-order valence-corrected chi connectivity index (χ0v) is 16.6. The molecule has 2 aliphatic heterocycles. The van der Waals surface area contributed by atoms with E-state index in [1.165, 1.54) is 11.8 Å². The number of rotatable bonds is 5. The number of amides is 2. The van der Waals surface area contributed by atoms with E-state index >= 15 is 0 Å². The van der Waals surface area contributed by atoms with Gasteiger partial charge in [0.25, 0.3) is 11.8 Å². The predicted molar refractivity (Wildman–Crippen MR) is 110 cm³/mol. The number of nitrogens with one attached hydrogen (secondary N) is 2. The minimum Gasteiger partial charge on any atom is -0.496 e. The van der Waals surface area contributed by atoms with Crippen LogP contribution in [0.3, 0.4) is 0 Å². The lowest BCUT2D eigenvalue weighted by Crippen LogP contribution is -2.25. The SMILES string of the molecule is CC1=C(C(=O)Nc2ccccc2C(=O)NCc2ccc3c(c2)OCO3)SCCO1. The Morgan fingerprint density at radius 1 is 1.03 bits per heavy atom. The molecule has 0 radical (unpaired) electrons. The standard InChI is InChI=1S/C21H20N2O5S/c1-13-19(29-9-8-26-13)21(25)23-16-5-3-2-4-15(16)20(24)22-11-14-6-7-17-18(10-14)28-12-27-17/h2-7,10H,8-9,11-12H2,1H3,(H,22,24)(H,23,25). The highest BCUT2D eigenvalue weighted by molar-refractivity contribution is 8.04. The molecule has 29 heavy (non-hydrogen) atoms. The van der Waals surface area contributed by atoms with E-state index in [2.05, 4.69) is 10.6 Å². The van der Waals surface area contributed by atoms with E-state index in [9.17, 15) is 9.59 Å². The highest BCUT2D eigenvalue weighted by Gasteiger charge is 2.21. The van der Waals surface area contributed by atoms with Crippen LogP contribution in [0.1, 0.15) is 22.8 Å². The first-order valence-electron chi connectivity index (χ1n) is 9.15. The van der Waals surface area contributed by atoms with Gasteiger partial charge in [-0.15, -0.1) is 11.8 Å². The molecule has 0 bridgehead atoms. The van der Waals surface area contributed by atoms with Gasteiger partial charge in [-0.1, -0.05) is 18.2 Å². The summed E-state index contributed by atoms with van der Waals surface area (Å²) in [6.45, 7) is 2.89. The Morgan fingerprint density at radius 3 is 2.72 bits per heavy atom. The van der Waals surface area contributed by atoms with Crippen molar-refractivity contribution in [3.05, 3.63) is 64.3 Å². The highest BCUT2D eigenvalue weighted by atomic mass is 32.2. The lowest BCUT2D eigenvalue weighted by Gasteiger charge is -2.18. The molecule has 2 aromatic carbocycles. The quantitative estimate of drug-likeness (QED) is 0.784. The van der Waals surface area contributed by atoms with E-state index in [0.717, 1.165) is 11.3 Å². The van der Waals surface area contributed by atoms with Gasteiger partial charge in [0.15, 0.2) is 11.5 Å². The average molecular weight is 412 g/mol. The molecule has 7 nitrogen and oxygen atoms in total. The number of thioether (sulfide) groups is 1. The second-order valence-corrected chi connectivity index (χ2v) is 7.56. The van der Waals surface area contributed by atoms with Crippen molar-refractivity contribution in [2.45, 2.75) is 13.5 Å². The molecule has 0 aliphatic carbocycles. The molecule has 0 aromatic heterocycles. The number of para-hydroxylation sites is 1. The Labute approximate surface area is 172 Å². The summed E-state index contributed by atoms with van der Waals surface area (Å²) in [6.07, 6.45) is 0. The summed E-state index contributed by atoms with van der Waals surface area (Å²) in [5.41, 5.74) is 1.73. The molecule has 150 valence electrons. The lowest BCUT2D eigenvalue weighted by molar-refractivity contribution is -0.112. The Hall–Kier alpha value is -3.13. The number of allylic oxidation sites excluding steroid dienone is 1. The van der Waals surface area contributed by atoms with Crippen LogP contribution in [0.4, 0.5) is 5.69 Å². The number of carbonyl (C=O) groups excluding carboxylic acids is 2. The summed E-state index contributed by atoms with van der Waals surface area (Å²) in [7, 11) is 0. The third kappa shape index (κ3) is 4.32. The van der Waals surface area contributed by atoms with Gasteiger partial charge in [0.1, 0.15) is 10.7 Å². The first kappa shape index (κ1) is 19.2. The topological polar surface area (TPSA) is 85.9 Å². The molecule has 0 fully saturated rings. The van der Waals surface area contributed by atoms with Crippen molar-refractivity contribution in [2.75, 3.05) is 24.5 Å². The van der Waals surface area contributed by atoms with Gasteiger partial charge >= 0.3 is 0 Å². The van der Waals surface area contributed by atoms with Crippen molar-refractivity contribution < 1.29 is 23.8 Å². The van der Waals surface area contributed by atoms with E-state index in [1.807, 2.05) is 18.2 Å². The summed E-state index contributed by atoms with van der Waals surface area (Å²) in [5.74, 6) is 2.13. The third-order valence-electron chi connectivity index (χ3n) is 4.48. The normalized spacial score (nSPS) is 14.9. The number of benzene rings is 2. The van der Waals surface area contributed by atoms with Crippen molar-refractivity contribution in [1.82, 2.24) is 5.32 Å². The summed E-state index contributed by atoms with van der Waals surface area (Å²) in [4.78, 5) is 25.9. The largest absolute Gasteiger partial charge is 0.496 e. The Kier molecular flexibility index (Phi) is 5.62. The number of hydrogen-bond acceptors (Lipinski definition) is 6. The van der Waals surface area contributed by atoms with E-state index < -0.39 is 0 Å². The van der Waals surface area contributed by atoms with E-state index in [4.69, 9.17) is 14.2 Å². The van der Waals surface area contributed by atoms with Crippen LogP contribution in [0, 0.1) is 0 Å². The van der Waals surface area contributed by atoms with Gasteiger partial charge in [-0.25, -0.2) is 0 Å². The average Bonchev–Trinajstić information content (AvgIpc) is 3.20. The van der Waals surface area contributed by atoms with Crippen LogP contribution < -0.4 is 20.1 Å². The van der Waals surface area contributed by atoms with Crippen molar-refractivity contribution in [1.29, 1.82) is 0 Å². The zero-order chi connectivity index (χ0) is 20.2. The fraction of sp³-hybridized carbons (Fsp3) is 0.238. The first-order chi connectivity index (χ1) is 14.1. The molecule has 0 spiro atoms. The number of ether oxygens (including phenoxy) is 3. The summed E-state index contributed by atoms with van der Waals surface area (Å²) in [5, 5.41) is 5.71. The molecule has 2 aromatic rings. The van der Waals surface area contributed by atoms with Gasteiger partial charge in [-0.2, -0.15) is 0 Å². The third-order valence-corrected chi connectivity index (χ3v) is 5.62. The van der Waals surface area contributed by atoms with Gasteiger partial charge in [0.05, 0.1) is 17.9 Å². The maximum absolute atomic E-state index is 12.7. The van der Waals surface area contributed by atoms with Crippen molar-refractivity contribution in [2.24, 2.45) is 0 Å². The minimum atomic E-state index is -0.281. The summed E-state index contributed by atoms with van der Waals surface area (Å²) in [6, 6.07) is 12.4. The van der Waals surface area contributed by atoms with Crippen LogP contribution in [-0.2, 0) is 16.1 Å². The Morgan fingerprint density at radius 2 is 1.86 bits per heavy atom. The van der Waals surface area contributed by atoms with Crippen molar-refractivity contribution in [3.8, 4) is 11.5 Å².